The first kappa shape index (κ1) is 11.9. The van der Waals surface area contributed by atoms with Gasteiger partial charge in [0.25, 0.3) is 0 Å². The molecule has 17 heavy (non-hydrogen) atoms. The minimum atomic E-state index is -0.954. The number of nitrogens with zero attached hydrogens (tertiary/aromatic N) is 2. The van der Waals surface area contributed by atoms with Gasteiger partial charge in [-0.15, -0.1) is 0 Å². The second kappa shape index (κ2) is 5.14. The van der Waals surface area contributed by atoms with E-state index in [0.29, 0.717) is 18.3 Å². The van der Waals surface area contributed by atoms with Crippen LogP contribution < -0.4 is 4.90 Å². The Morgan fingerprint density at radius 2 is 2.29 bits per heavy atom. The third kappa shape index (κ3) is 2.39. The van der Waals surface area contributed by atoms with Crippen molar-refractivity contribution in [3.05, 3.63) is 24.0 Å². The van der Waals surface area contributed by atoms with Gasteiger partial charge in [0, 0.05) is 18.8 Å². The summed E-state index contributed by atoms with van der Waals surface area (Å²) in [6, 6.07) is 1.84. The Balaban J connectivity index is 2.30. The van der Waals surface area contributed by atoms with Gasteiger partial charge in [0.2, 0.25) is 0 Å². The lowest BCUT2D eigenvalue weighted by molar-refractivity contribution is 0.0697. The Labute approximate surface area is 99.7 Å². The highest BCUT2D eigenvalue weighted by molar-refractivity contribution is 5.94. The number of carboxylic acid groups (broad SMARTS) is 1. The zero-order valence-electron chi connectivity index (χ0n) is 9.54. The zero-order chi connectivity index (χ0) is 12.3. The van der Waals surface area contributed by atoms with Crippen molar-refractivity contribution >= 4 is 11.7 Å². The molecule has 1 fully saturated rings. The lowest BCUT2D eigenvalue weighted by atomic mass is 9.91. The molecule has 2 rings (SSSR count). The van der Waals surface area contributed by atoms with Gasteiger partial charge in [-0.05, 0) is 25.3 Å². The third-order valence-electron chi connectivity index (χ3n) is 3.20. The maximum atomic E-state index is 11.1. The molecular formula is C12H16N2O3. The van der Waals surface area contributed by atoms with E-state index >= 15 is 0 Å². The first-order chi connectivity index (χ1) is 8.24. The molecule has 1 aliphatic rings. The number of rotatable bonds is 5. The Morgan fingerprint density at radius 1 is 1.53 bits per heavy atom. The normalized spacial score (nSPS) is 15.4. The van der Waals surface area contributed by atoms with Crippen molar-refractivity contribution in [3.63, 3.8) is 0 Å². The van der Waals surface area contributed by atoms with Gasteiger partial charge >= 0.3 is 5.97 Å². The molecule has 0 spiro atoms. The van der Waals surface area contributed by atoms with Gasteiger partial charge in [0.1, 0.15) is 0 Å². The molecule has 92 valence electrons. The zero-order valence-corrected chi connectivity index (χ0v) is 9.54. The molecule has 2 N–H and O–H groups in total. The number of carboxylic acids is 1. The Kier molecular flexibility index (Phi) is 3.58. The molecule has 0 radical (unpaired) electrons. The van der Waals surface area contributed by atoms with Gasteiger partial charge in [-0.25, -0.2) is 4.79 Å². The van der Waals surface area contributed by atoms with Crippen LogP contribution in [0.1, 0.15) is 29.6 Å². The molecule has 0 bridgehead atoms. The SMILES string of the molecule is O=C(O)c1ccncc1N(CCO)C1CCC1. The van der Waals surface area contributed by atoms with Crippen LogP contribution in [0.15, 0.2) is 18.5 Å². The van der Waals surface area contributed by atoms with Gasteiger partial charge in [-0.1, -0.05) is 0 Å². The van der Waals surface area contributed by atoms with E-state index in [4.69, 9.17) is 10.2 Å². The van der Waals surface area contributed by atoms with E-state index in [2.05, 4.69) is 4.98 Å². The van der Waals surface area contributed by atoms with E-state index in [1.807, 2.05) is 4.90 Å². The van der Waals surface area contributed by atoms with Crippen molar-refractivity contribution in [2.24, 2.45) is 0 Å². The third-order valence-corrected chi connectivity index (χ3v) is 3.20. The number of aromatic nitrogens is 1. The van der Waals surface area contributed by atoms with E-state index in [-0.39, 0.29) is 12.2 Å². The molecule has 5 nitrogen and oxygen atoms in total. The van der Waals surface area contributed by atoms with Crippen LogP contribution in [0.25, 0.3) is 0 Å². The summed E-state index contributed by atoms with van der Waals surface area (Å²) in [7, 11) is 0. The smallest absolute Gasteiger partial charge is 0.337 e. The highest BCUT2D eigenvalue weighted by Crippen LogP contribution is 2.30. The van der Waals surface area contributed by atoms with E-state index in [1.165, 1.54) is 12.3 Å². The molecule has 1 aromatic heterocycles. The largest absolute Gasteiger partial charge is 0.478 e. The van der Waals surface area contributed by atoms with Crippen molar-refractivity contribution in [2.45, 2.75) is 25.3 Å². The van der Waals surface area contributed by atoms with Crippen LogP contribution in [0.4, 0.5) is 5.69 Å². The fourth-order valence-electron chi connectivity index (χ4n) is 2.10. The first-order valence-corrected chi connectivity index (χ1v) is 5.79. The molecule has 5 heteroatoms. The van der Waals surface area contributed by atoms with Crippen molar-refractivity contribution in [3.8, 4) is 0 Å². The summed E-state index contributed by atoms with van der Waals surface area (Å²) < 4.78 is 0. The van der Waals surface area contributed by atoms with Crippen LogP contribution in [-0.2, 0) is 0 Å². The van der Waals surface area contributed by atoms with Crippen molar-refractivity contribution in [1.82, 2.24) is 4.98 Å². The molecule has 0 saturated heterocycles. The number of hydrogen-bond acceptors (Lipinski definition) is 4. The molecule has 0 unspecified atom stereocenters. The average molecular weight is 236 g/mol. The molecule has 1 saturated carbocycles. The summed E-state index contributed by atoms with van der Waals surface area (Å²) in [4.78, 5) is 17.1. The minimum Gasteiger partial charge on any atom is -0.478 e. The second-order valence-corrected chi connectivity index (χ2v) is 4.20. The van der Waals surface area contributed by atoms with Crippen molar-refractivity contribution < 1.29 is 15.0 Å². The molecule has 1 aromatic rings. The van der Waals surface area contributed by atoms with E-state index < -0.39 is 5.97 Å². The lowest BCUT2D eigenvalue weighted by Gasteiger charge is -2.39. The van der Waals surface area contributed by atoms with Gasteiger partial charge < -0.3 is 15.1 Å². The number of carbonyl (C=O) groups is 1. The van der Waals surface area contributed by atoms with Crippen LogP contribution in [0.2, 0.25) is 0 Å². The number of pyridine rings is 1. The summed E-state index contributed by atoms with van der Waals surface area (Å²) >= 11 is 0. The fourth-order valence-corrected chi connectivity index (χ4v) is 2.10. The quantitative estimate of drug-likeness (QED) is 0.801. The molecule has 0 aromatic carbocycles. The van der Waals surface area contributed by atoms with Crippen LogP contribution in [0.5, 0.6) is 0 Å². The number of aromatic carboxylic acids is 1. The van der Waals surface area contributed by atoms with E-state index in [9.17, 15) is 4.79 Å². The molecule has 1 aliphatic carbocycles. The second-order valence-electron chi connectivity index (χ2n) is 4.20. The van der Waals surface area contributed by atoms with Crippen molar-refractivity contribution in [1.29, 1.82) is 0 Å². The minimum absolute atomic E-state index is 0.0183. The highest BCUT2D eigenvalue weighted by Gasteiger charge is 2.27. The fraction of sp³-hybridized carbons (Fsp3) is 0.500. The summed E-state index contributed by atoms with van der Waals surface area (Å²) in [6.45, 7) is 0.473. The maximum absolute atomic E-state index is 11.1. The van der Waals surface area contributed by atoms with Crippen LogP contribution in [0, 0.1) is 0 Å². The summed E-state index contributed by atoms with van der Waals surface area (Å²) in [5, 5.41) is 18.2. The first-order valence-electron chi connectivity index (χ1n) is 5.79. The van der Waals surface area contributed by atoms with Gasteiger partial charge in [0.15, 0.2) is 0 Å². The van der Waals surface area contributed by atoms with E-state index in [0.717, 1.165) is 19.3 Å². The van der Waals surface area contributed by atoms with Gasteiger partial charge in [0.05, 0.1) is 24.1 Å². The predicted molar refractivity (Wildman–Crippen MR) is 63.3 cm³/mol. The molecular weight excluding hydrogens is 220 g/mol. The lowest BCUT2D eigenvalue weighted by Crippen LogP contribution is -2.42. The Morgan fingerprint density at radius 3 is 2.82 bits per heavy atom. The number of anilines is 1. The number of aliphatic hydroxyl groups excluding tert-OH is 1. The van der Waals surface area contributed by atoms with E-state index in [1.54, 1.807) is 6.20 Å². The number of hydrogen-bond donors (Lipinski definition) is 2. The summed E-state index contributed by atoms with van der Waals surface area (Å²) in [6.07, 6.45) is 6.31. The maximum Gasteiger partial charge on any atom is 0.337 e. The summed E-state index contributed by atoms with van der Waals surface area (Å²) in [5.41, 5.74) is 0.860. The van der Waals surface area contributed by atoms with Gasteiger partial charge in [-0.3, -0.25) is 4.98 Å². The Bertz CT molecular complexity index is 404. The molecule has 0 amide bonds. The average Bonchev–Trinajstić information content (AvgIpc) is 2.26. The summed E-state index contributed by atoms with van der Waals surface area (Å²) in [5.74, 6) is -0.954. The highest BCUT2D eigenvalue weighted by atomic mass is 16.4. The van der Waals surface area contributed by atoms with Crippen LogP contribution in [0.3, 0.4) is 0 Å². The van der Waals surface area contributed by atoms with Crippen LogP contribution >= 0.6 is 0 Å². The number of aliphatic hydroxyl groups is 1. The molecule has 1 heterocycles. The monoisotopic (exact) mass is 236 g/mol. The topological polar surface area (TPSA) is 73.7 Å². The van der Waals surface area contributed by atoms with Crippen LogP contribution in [-0.4, -0.2) is 40.4 Å². The predicted octanol–water partition coefficient (Wildman–Crippen LogP) is 1.13. The standard InChI is InChI=1S/C12H16N2O3/c15-7-6-14(9-2-1-3-9)11-8-13-5-4-10(11)12(16)17/h4-5,8-9,15H,1-3,6-7H2,(H,16,17). The Hall–Kier alpha value is -1.62. The van der Waals surface area contributed by atoms with Gasteiger partial charge in [-0.2, -0.15) is 0 Å². The molecule has 0 atom stereocenters. The van der Waals surface area contributed by atoms with Crippen molar-refractivity contribution in [2.75, 3.05) is 18.1 Å². The molecule has 0 aliphatic heterocycles.